The third kappa shape index (κ3) is 2.91. The molecule has 0 spiro atoms. The van der Waals surface area contributed by atoms with Gasteiger partial charge in [0, 0.05) is 18.8 Å². The van der Waals surface area contributed by atoms with Crippen molar-refractivity contribution in [2.45, 2.75) is 45.1 Å². The van der Waals surface area contributed by atoms with Crippen molar-refractivity contribution in [3.8, 4) is 0 Å². The molecule has 1 fully saturated rings. The maximum Gasteiger partial charge on any atom is 0.256 e. The van der Waals surface area contributed by atoms with Crippen LogP contribution >= 0.6 is 15.9 Å². The molecule has 0 aliphatic carbocycles. The predicted octanol–water partition coefficient (Wildman–Crippen LogP) is 3.64. The van der Waals surface area contributed by atoms with Gasteiger partial charge in [0.1, 0.15) is 4.60 Å². The number of likely N-dealkylation sites (tertiary alicyclic amines) is 1. The molecule has 0 radical (unpaired) electrons. The van der Waals surface area contributed by atoms with Gasteiger partial charge in [-0.25, -0.2) is 4.98 Å². The number of aromatic nitrogens is 1. The van der Waals surface area contributed by atoms with E-state index in [0.717, 1.165) is 25.8 Å². The minimum Gasteiger partial charge on any atom is -0.336 e. The van der Waals surface area contributed by atoms with Crippen LogP contribution in [-0.4, -0.2) is 28.4 Å². The largest absolute Gasteiger partial charge is 0.336 e. The van der Waals surface area contributed by atoms with E-state index in [0.29, 0.717) is 16.2 Å². The fourth-order valence-electron chi connectivity index (χ4n) is 2.57. The van der Waals surface area contributed by atoms with E-state index >= 15 is 0 Å². The fourth-order valence-corrected chi connectivity index (χ4v) is 2.99. The van der Waals surface area contributed by atoms with Crippen molar-refractivity contribution in [2.24, 2.45) is 0 Å². The van der Waals surface area contributed by atoms with Crippen LogP contribution in [0.4, 0.5) is 0 Å². The van der Waals surface area contributed by atoms with Gasteiger partial charge in [0.15, 0.2) is 0 Å². The molecule has 0 bridgehead atoms. The third-order valence-corrected chi connectivity index (χ3v) is 4.23. The summed E-state index contributed by atoms with van der Waals surface area (Å²) in [5.41, 5.74) is 0.679. The monoisotopic (exact) mass is 310 g/mol. The summed E-state index contributed by atoms with van der Waals surface area (Å²) in [4.78, 5) is 18.8. The van der Waals surface area contributed by atoms with Gasteiger partial charge in [0.05, 0.1) is 5.56 Å². The van der Waals surface area contributed by atoms with E-state index in [2.05, 4.69) is 27.8 Å². The molecule has 1 unspecified atom stereocenters. The zero-order chi connectivity index (χ0) is 13.0. The lowest BCUT2D eigenvalue weighted by molar-refractivity contribution is 0.0676. The van der Waals surface area contributed by atoms with Gasteiger partial charge in [-0.15, -0.1) is 0 Å². The SMILES string of the molecule is CCC1CCCCCN1C(=O)c1cccnc1Br. The first-order valence-corrected chi connectivity index (χ1v) is 7.44. The summed E-state index contributed by atoms with van der Waals surface area (Å²) in [7, 11) is 0. The Labute approximate surface area is 117 Å². The Hall–Kier alpha value is -0.900. The van der Waals surface area contributed by atoms with Gasteiger partial charge >= 0.3 is 0 Å². The van der Waals surface area contributed by atoms with Crippen molar-refractivity contribution in [2.75, 3.05) is 6.54 Å². The molecular weight excluding hydrogens is 292 g/mol. The first-order chi connectivity index (χ1) is 8.74. The summed E-state index contributed by atoms with van der Waals surface area (Å²) in [5.74, 6) is 0.115. The number of carbonyl (C=O) groups is 1. The Balaban J connectivity index is 2.23. The van der Waals surface area contributed by atoms with Crippen LogP contribution in [0.3, 0.4) is 0 Å². The zero-order valence-corrected chi connectivity index (χ0v) is 12.3. The second-order valence-electron chi connectivity index (χ2n) is 4.75. The van der Waals surface area contributed by atoms with E-state index in [4.69, 9.17) is 0 Å². The first-order valence-electron chi connectivity index (χ1n) is 6.65. The molecule has 0 saturated carbocycles. The number of rotatable bonds is 2. The average molecular weight is 311 g/mol. The van der Waals surface area contributed by atoms with Gasteiger partial charge in [-0.1, -0.05) is 19.8 Å². The summed E-state index contributed by atoms with van der Waals surface area (Å²) >= 11 is 3.37. The van der Waals surface area contributed by atoms with E-state index in [-0.39, 0.29) is 5.91 Å². The summed E-state index contributed by atoms with van der Waals surface area (Å²) in [6.07, 6.45) is 7.43. The Bertz CT molecular complexity index is 422. The molecule has 1 saturated heterocycles. The number of hydrogen-bond acceptors (Lipinski definition) is 2. The second kappa shape index (κ2) is 6.32. The average Bonchev–Trinajstić information content (AvgIpc) is 2.63. The van der Waals surface area contributed by atoms with Gasteiger partial charge in [0.2, 0.25) is 0 Å². The Morgan fingerprint density at radius 1 is 1.50 bits per heavy atom. The fraction of sp³-hybridized carbons (Fsp3) is 0.571. The van der Waals surface area contributed by atoms with Gasteiger partial charge in [-0.2, -0.15) is 0 Å². The molecule has 4 heteroatoms. The number of nitrogens with zero attached hydrogens (tertiary/aromatic N) is 2. The molecule has 3 nitrogen and oxygen atoms in total. The Morgan fingerprint density at radius 2 is 2.33 bits per heavy atom. The molecule has 1 aliphatic heterocycles. The first kappa shape index (κ1) is 13.5. The van der Waals surface area contributed by atoms with Crippen LogP contribution in [0.25, 0.3) is 0 Å². The van der Waals surface area contributed by atoms with Crippen molar-refractivity contribution in [1.29, 1.82) is 0 Å². The molecule has 1 atom stereocenters. The van der Waals surface area contributed by atoms with Crippen molar-refractivity contribution >= 4 is 21.8 Å². The van der Waals surface area contributed by atoms with Crippen LogP contribution in [-0.2, 0) is 0 Å². The number of halogens is 1. The lowest BCUT2D eigenvalue weighted by atomic mass is 10.1. The molecule has 1 aromatic rings. The highest BCUT2D eigenvalue weighted by Gasteiger charge is 2.26. The molecule has 1 aliphatic rings. The highest BCUT2D eigenvalue weighted by Crippen LogP contribution is 2.23. The predicted molar refractivity (Wildman–Crippen MR) is 75.5 cm³/mol. The minimum absolute atomic E-state index is 0.115. The number of hydrogen-bond donors (Lipinski definition) is 0. The lowest BCUT2D eigenvalue weighted by Gasteiger charge is -2.29. The summed E-state index contributed by atoms with van der Waals surface area (Å²) in [5, 5.41) is 0. The van der Waals surface area contributed by atoms with Crippen LogP contribution in [0.15, 0.2) is 22.9 Å². The third-order valence-electron chi connectivity index (χ3n) is 3.60. The Morgan fingerprint density at radius 3 is 3.06 bits per heavy atom. The van der Waals surface area contributed by atoms with E-state index < -0.39 is 0 Å². The molecule has 1 aromatic heterocycles. The number of pyridine rings is 1. The van der Waals surface area contributed by atoms with Crippen molar-refractivity contribution < 1.29 is 4.79 Å². The van der Waals surface area contributed by atoms with Crippen molar-refractivity contribution in [1.82, 2.24) is 9.88 Å². The molecule has 98 valence electrons. The molecular formula is C14H19BrN2O. The van der Waals surface area contributed by atoms with E-state index in [1.807, 2.05) is 17.0 Å². The summed E-state index contributed by atoms with van der Waals surface area (Å²) in [6, 6.07) is 4.04. The number of carbonyl (C=O) groups excluding carboxylic acids is 1. The van der Waals surface area contributed by atoms with Gasteiger partial charge in [-0.05, 0) is 47.3 Å². The van der Waals surface area contributed by atoms with Crippen LogP contribution in [0.2, 0.25) is 0 Å². The van der Waals surface area contributed by atoms with Gasteiger partial charge in [-0.3, -0.25) is 4.79 Å². The standard InChI is InChI=1S/C14H19BrN2O/c1-2-11-7-4-3-5-10-17(11)14(18)12-8-6-9-16-13(12)15/h6,8-9,11H,2-5,7,10H2,1H3. The number of amides is 1. The molecule has 18 heavy (non-hydrogen) atoms. The van der Waals surface area contributed by atoms with Crippen molar-refractivity contribution in [3.05, 3.63) is 28.5 Å². The lowest BCUT2D eigenvalue weighted by Crippen LogP contribution is -2.39. The molecule has 2 rings (SSSR count). The molecule has 0 aromatic carbocycles. The highest BCUT2D eigenvalue weighted by molar-refractivity contribution is 9.10. The normalized spacial score (nSPS) is 20.6. The van der Waals surface area contributed by atoms with Crippen LogP contribution in [0.5, 0.6) is 0 Å². The topological polar surface area (TPSA) is 33.2 Å². The quantitative estimate of drug-likeness (QED) is 0.781. The maximum atomic E-state index is 12.6. The van der Waals surface area contributed by atoms with Crippen LogP contribution in [0, 0.1) is 0 Å². The van der Waals surface area contributed by atoms with Crippen LogP contribution in [0.1, 0.15) is 49.4 Å². The smallest absolute Gasteiger partial charge is 0.256 e. The van der Waals surface area contributed by atoms with Crippen LogP contribution < -0.4 is 0 Å². The summed E-state index contributed by atoms with van der Waals surface area (Å²) < 4.78 is 0.647. The molecule has 1 amide bonds. The van der Waals surface area contributed by atoms with E-state index in [1.165, 1.54) is 12.8 Å². The maximum absolute atomic E-state index is 12.6. The summed E-state index contributed by atoms with van der Waals surface area (Å²) in [6.45, 7) is 3.03. The van der Waals surface area contributed by atoms with Gasteiger partial charge in [0.25, 0.3) is 5.91 Å². The molecule has 0 N–H and O–H groups in total. The highest BCUT2D eigenvalue weighted by atomic mass is 79.9. The molecule has 2 heterocycles. The zero-order valence-electron chi connectivity index (χ0n) is 10.7. The van der Waals surface area contributed by atoms with E-state index in [9.17, 15) is 4.79 Å². The second-order valence-corrected chi connectivity index (χ2v) is 5.50. The minimum atomic E-state index is 0.115. The van der Waals surface area contributed by atoms with Crippen molar-refractivity contribution in [3.63, 3.8) is 0 Å². The van der Waals surface area contributed by atoms with Gasteiger partial charge < -0.3 is 4.90 Å². The Kier molecular flexibility index (Phi) is 4.75. The van der Waals surface area contributed by atoms with E-state index in [1.54, 1.807) is 6.20 Å².